The first-order valence-corrected chi connectivity index (χ1v) is 11.6. The number of morpholine rings is 1. The van der Waals surface area contributed by atoms with Gasteiger partial charge in [-0.1, -0.05) is 43.2 Å². The fourth-order valence-electron chi connectivity index (χ4n) is 4.49. The molecule has 29 heavy (non-hydrogen) atoms. The summed E-state index contributed by atoms with van der Waals surface area (Å²) < 4.78 is 7.60. The number of fused-ring (bicyclic) bond motifs is 1. The first-order chi connectivity index (χ1) is 14.0. The predicted molar refractivity (Wildman–Crippen MR) is 115 cm³/mol. The SMILES string of the molecule is C[C@@H]1CN(C(=O)CSc2nc3ccccc3c(=O)n2C2CCCCC2)C[C@@H](C)O1. The van der Waals surface area contributed by atoms with Gasteiger partial charge in [0.15, 0.2) is 5.16 Å². The van der Waals surface area contributed by atoms with Crippen molar-refractivity contribution in [1.82, 2.24) is 14.5 Å². The number of benzene rings is 1. The van der Waals surface area contributed by atoms with E-state index >= 15 is 0 Å². The van der Waals surface area contributed by atoms with Gasteiger partial charge in [-0.05, 0) is 38.8 Å². The second kappa shape index (κ2) is 8.88. The van der Waals surface area contributed by atoms with Gasteiger partial charge in [0.2, 0.25) is 5.91 Å². The number of para-hydroxylation sites is 1. The van der Waals surface area contributed by atoms with Crippen LogP contribution in [-0.2, 0) is 9.53 Å². The molecule has 1 amide bonds. The van der Waals surface area contributed by atoms with Crippen LogP contribution in [0.15, 0.2) is 34.2 Å². The van der Waals surface area contributed by atoms with Gasteiger partial charge in [-0.25, -0.2) is 4.98 Å². The molecule has 156 valence electrons. The number of ether oxygens (including phenoxy) is 1. The Morgan fingerprint density at radius 1 is 1.14 bits per heavy atom. The summed E-state index contributed by atoms with van der Waals surface area (Å²) in [4.78, 5) is 32.8. The van der Waals surface area contributed by atoms with Crippen molar-refractivity contribution in [3.8, 4) is 0 Å². The maximum Gasteiger partial charge on any atom is 0.262 e. The molecule has 2 heterocycles. The van der Waals surface area contributed by atoms with E-state index in [1.165, 1.54) is 18.2 Å². The van der Waals surface area contributed by atoms with Crippen molar-refractivity contribution in [2.24, 2.45) is 0 Å². The Morgan fingerprint density at radius 2 is 1.83 bits per heavy atom. The van der Waals surface area contributed by atoms with Crippen molar-refractivity contribution < 1.29 is 9.53 Å². The number of hydrogen-bond donors (Lipinski definition) is 0. The molecule has 0 radical (unpaired) electrons. The van der Waals surface area contributed by atoms with Gasteiger partial charge in [-0.2, -0.15) is 0 Å². The molecular weight excluding hydrogens is 386 g/mol. The van der Waals surface area contributed by atoms with Gasteiger partial charge < -0.3 is 9.64 Å². The van der Waals surface area contributed by atoms with Gasteiger partial charge >= 0.3 is 0 Å². The van der Waals surface area contributed by atoms with Crippen LogP contribution in [0.3, 0.4) is 0 Å². The van der Waals surface area contributed by atoms with Crippen LogP contribution in [-0.4, -0.2) is 51.4 Å². The molecule has 4 rings (SSSR count). The topological polar surface area (TPSA) is 64.4 Å². The second-order valence-electron chi connectivity index (χ2n) is 8.22. The first-order valence-electron chi connectivity index (χ1n) is 10.6. The summed E-state index contributed by atoms with van der Waals surface area (Å²) in [7, 11) is 0. The lowest BCUT2D eigenvalue weighted by Gasteiger charge is -2.35. The molecule has 7 heteroatoms. The van der Waals surface area contributed by atoms with Crippen molar-refractivity contribution in [2.45, 2.75) is 69.4 Å². The summed E-state index contributed by atoms with van der Waals surface area (Å²) in [6, 6.07) is 7.68. The van der Waals surface area contributed by atoms with E-state index in [0.29, 0.717) is 29.1 Å². The molecule has 0 N–H and O–H groups in total. The van der Waals surface area contributed by atoms with Crippen LogP contribution < -0.4 is 5.56 Å². The standard InChI is InChI=1S/C22H29N3O3S/c1-15-12-24(13-16(2)28-15)20(26)14-29-22-23-19-11-7-6-10-18(19)21(27)25(22)17-8-4-3-5-9-17/h6-7,10-11,15-17H,3-5,8-9,12-14H2,1-2H3/t15-,16-/m1/s1. The molecule has 2 fully saturated rings. The average Bonchev–Trinajstić information content (AvgIpc) is 2.72. The van der Waals surface area contributed by atoms with Crippen molar-refractivity contribution >= 4 is 28.6 Å². The fourth-order valence-corrected chi connectivity index (χ4v) is 5.46. The maximum atomic E-state index is 13.3. The van der Waals surface area contributed by atoms with Gasteiger partial charge in [0, 0.05) is 19.1 Å². The zero-order valence-electron chi connectivity index (χ0n) is 17.2. The van der Waals surface area contributed by atoms with Gasteiger partial charge in [0.25, 0.3) is 5.56 Å². The summed E-state index contributed by atoms with van der Waals surface area (Å²) in [6.45, 7) is 5.22. The Balaban J connectivity index is 1.60. The van der Waals surface area contributed by atoms with Gasteiger partial charge in [-0.15, -0.1) is 0 Å². The summed E-state index contributed by atoms with van der Waals surface area (Å²) in [5.74, 6) is 0.367. The third-order valence-electron chi connectivity index (χ3n) is 5.81. The van der Waals surface area contributed by atoms with Crippen molar-refractivity contribution in [1.29, 1.82) is 0 Å². The fraction of sp³-hybridized carbons (Fsp3) is 0.591. The Morgan fingerprint density at radius 3 is 2.55 bits per heavy atom. The number of carbonyl (C=O) groups is 1. The summed E-state index contributed by atoms with van der Waals surface area (Å²) in [5, 5.41) is 1.33. The molecule has 0 unspecified atom stereocenters. The Hall–Kier alpha value is -1.86. The summed E-state index contributed by atoms with van der Waals surface area (Å²) >= 11 is 1.39. The van der Waals surface area contributed by atoms with E-state index in [4.69, 9.17) is 9.72 Å². The average molecular weight is 416 g/mol. The number of amides is 1. The quantitative estimate of drug-likeness (QED) is 0.564. The minimum Gasteiger partial charge on any atom is -0.372 e. The van der Waals surface area contributed by atoms with Crippen LogP contribution in [0.2, 0.25) is 0 Å². The number of nitrogens with zero attached hydrogens (tertiary/aromatic N) is 3. The third-order valence-corrected chi connectivity index (χ3v) is 6.75. The number of thioether (sulfide) groups is 1. The molecule has 1 saturated carbocycles. The molecule has 1 aromatic carbocycles. The van der Waals surface area contributed by atoms with Gasteiger partial charge in [-0.3, -0.25) is 14.2 Å². The van der Waals surface area contributed by atoms with Crippen LogP contribution in [0.5, 0.6) is 0 Å². The lowest BCUT2D eigenvalue weighted by Crippen LogP contribution is -2.48. The van der Waals surface area contributed by atoms with Crippen molar-refractivity contribution in [3.63, 3.8) is 0 Å². The summed E-state index contributed by atoms with van der Waals surface area (Å²) in [5.41, 5.74) is 0.721. The van der Waals surface area contributed by atoms with Crippen LogP contribution >= 0.6 is 11.8 Å². The van der Waals surface area contributed by atoms with Crippen molar-refractivity contribution in [3.05, 3.63) is 34.6 Å². The molecule has 1 aliphatic carbocycles. The van der Waals surface area contributed by atoms with Crippen molar-refractivity contribution in [2.75, 3.05) is 18.8 Å². The minimum atomic E-state index is 0.0195. The number of rotatable bonds is 4. The molecule has 0 bridgehead atoms. The highest BCUT2D eigenvalue weighted by molar-refractivity contribution is 7.99. The molecule has 1 aromatic heterocycles. The molecule has 6 nitrogen and oxygen atoms in total. The van der Waals surface area contributed by atoms with E-state index in [0.717, 1.165) is 25.7 Å². The smallest absolute Gasteiger partial charge is 0.262 e. The zero-order valence-corrected chi connectivity index (χ0v) is 18.0. The second-order valence-corrected chi connectivity index (χ2v) is 9.17. The molecule has 1 saturated heterocycles. The zero-order chi connectivity index (χ0) is 20.4. The lowest BCUT2D eigenvalue weighted by atomic mass is 9.95. The lowest BCUT2D eigenvalue weighted by molar-refractivity contribution is -0.140. The molecule has 2 aliphatic rings. The predicted octanol–water partition coefficient (Wildman–Crippen LogP) is 3.63. The molecule has 2 atom stereocenters. The largest absolute Gasteiger partial charge is 0.372 e. The first kappa shape index (κ1) is 20.4. The van der Waals surface area contributed by atoms with Gasteiger partial charge in [0.05, 0.1) is 28.9 Å². The monoisotopic (exact) mass is 415 g/mol. The molecular formula is C22H29N3O3S. The van der Waals surface area contributed by atoms with Crippen LogP contribution in [0.25, 0.3) is 10.9 Å². The number of hydrogen-bond acceptors (Lipinski definition) is 5. The minimum absolute atomic E-state index is 0.0195. The van der Waals surface area contributed by atoms with E-state index in [1.807, 2.05) is 47.6 Å². The Bertz CT molecular complexity index is 929. The highest BCUT2D eigenvalue weighted by atomic mass is 32.2. The van der Waals surface area contributed by atoms with E-state index in [9.17, 15) is 9.59 Å². The summed E-state index contributed by atoms with van der Waals surface area (Å²) in [6.07, 6.45) is 5.59. The molecule has 0 spiro atoms. The molecule has 2 aromatic rings. The van der Waals surface area contributed by atoms with E-state index < -0.39 is 0 Å². The van der Waals surface area contributed by atoms with Crippen LogP contribution in [0, 0.1) is 0 Å². The van der Waals surface area contributed by atoms with E-state index in [-0.39, 0.29) is 35.5 Å². The number of aromatic nitrogens is 2. The van der Waals surface area contributed by atoms with E-state index in [1.54, 1.807) is 0 Å². The maximum absolute atomic E-state index is 13.3. The molecule has 1 aliphatic heterocycles. The highest BCUT2D eigenvalue weighted by Gasteiger charge is 2.27. The Labute approximate surface area is 175 Å². The number of carbonyl (C=O) groups excluding carboxylic acids is 1. The normalized spacial score (nSPS) is 23.4. The van der Waals surface area contributed by atoms with Gasteiger partial charge in [0.1, 0.15) is 0 Å². The highest BCUT2D eigenvalue weighted by Crippen LogP contribution is 2.31. The van der Waals surface area contributed by atoms with Crippen LogP contribution in [0.4, 0.5) is 0 Å². The Kier molecular flexibility index (Phi) is 6.25. The van der Waals surface area contributed by atoms with Crippen LogP contribution in [0.1, 0.15) is 52.0 Å². The third kappa shape index (κ3) is 4.51. The van der Waals surface area contributed by atoms with E-state index in [2.05, 4.69) is 0 Å².